The second-order valence-electron chi connectivity index (χ2n) is 5.26. The predicted octanol–water partition coefficient (Wildman–Crippen LogP) is 0.851. The molecule has 6 heteroatoms. The molecule has 1 unspecified atom stereocenters. The largest absolute Gasteiger partial charge is 0.444 e. The van der Waals surface area contributed by atoms with Gasteiger partial charge in [-0.05, 0) is 27.7 Å². The maximum atomic E-state index is 12.0. The number of morpholine rings is 1. The summed E-state index contributed by atoms with van der Waals surface area (Å²) >= 11 is 0. The minimum absolute atomic E-state index is 0.396. The van der Waals surface area contributed by atoms with Crippen LogP contribution >= 0.6 is 0 Å². The van der Waals surface area contributed by atoms with E-state index < -0.39 is 18.0 Å². The van der Waals surface area contributed by atoms with Crippen LogP contribution in [-0.4, -0.2) is 65.8 Å². The minimum atomic E-state index is -0.950. The van der Waals surface area contributed by atoms with Gasteiger partial charge in [-0.25, -0.2) is 4.79 Å². The standard InChI is InChI=1S/C12H24N2O4/c1-5-14(11(16)18-12(2,3)4)10(15)13-6-8-17-9-7-13/h10,15H,5-9H2,1-4H3. The average Bonchev–Trinajstić information content (AvgIpc) is 2.28. The molecule has 0 aromatic heterocycles. The number of aliphatic hydroxyl groups is 1. The van der Waals surface area contributed by atoms with E-state index in [1.165, 1.54) is 4.90 Å². The highest BCUT2D eigenvalue weighted by molar-refractivity contribution is 5.68. The molecular formula is C12H24N2O4. The lowest BCUT2D eigenvalue weighted by Crippen LogP contribution is -2.55. The van der Waals surface area contributed by atoms with Crippen molar-refractivity contribution in [3.8, 4) is 0 Å². The van der Waals surface area contributed by atoms with Crippen LogP contribution in [0.4, 0.5) is 4.79 Å². The molecule has 1 aliphatic heterocycles. The lowest BCUT2D eigenvalue weighted by atomic mass is 10.2. The highest BCUT2D eigenvalue weighted by atomic mass is 16.6. The van der Waals surface area contributed by atoms with Crippen LogP contribution < -0.4 is 0 Å². The van der Waals surface area contributed by atoms with Crippen molar-refractivity contribution in [1.29, 1.82) is 0 Å². The van der Waals surface area contributed by atoms with Gasteiger partial charge in [0, 0.05) is 19.6 Å². The number of ether oxygens (including phenoxy) is 2. The Labute approximate surface area is 108 Å². The van der Waals surface area contributed by atoms with E-state index in [2.05, 4.69) is 0 Å². The van der Waals surface area contributed by atoms with Gasteiger partial charge in [0.1, 0.15) is 5.60 Å². The molecule has 1 fully saturated rings. The van der Waals surface area contributed by atoms with Crippen molar-refractivity contribution in [3.63, 3.8) is 0 Å². The molecule has 106 valence electrons. The Balaban J connectivity index is 2.60. The number of hydrogen-bond acceptors (Lipinski definition) is 5. The molecule has 1 atom stereocenters. The van der Waals surface area contributed by atoms with Gasteiger partial charge in [0.15, 0.2) is 6.35 Å². The van der Waals surface area contributed by atoms with Gasteiger partial charge in [-0.15, -0.1) is 0 Å². The fourth-order valence-electron chi connectivity index (χ4n) is 1.71. The van der Waals surface area contributed by atoms with E-state index in [-0.39, 0.29) is 0 Å². The van der Waals surface area contributed by atoms with Gasteiger partial charge in [0.25, 0.3) is 0 Å². The Morgan fingerprint density at radius 1 is 1.44 bits per heavy atom. The molecule has 1 N–H and O–H groups in total. The summed E-state index contributed by atoms with van der Waals surface area (Å²) in [7, 11) is 0. The van der Waals surface area contributed by atoms with Crippen molar-refractivity contribution in [1.82, 2.24) is 9.80 Å². The van der Waals surface area contributed by atoms with E-state index in [1.807, 2.05) is 6.92 Å². The maximum absolute atomic E-state index is 12.0. The highest BCUT2D eigenvalue weighted by Crippen LogP contribution is 2.13. The zero-order valence-corrected chi connectivity index (χ0v) is 11.7. The molecule has 1 rings (SSSR count). The molecule has 0 radical (unpaired) electrons. The fourth-order valence-corrected chi connectivity index (χ4v) is 1.71. The van der Waals surface area contributed by atoms with E-state index in [9.17, 15) is 9.90 Å². The van der Waals surface area contributed by atoms with Crippen molar-refractivity contribution < 1.29 is 19.4 Å². The molecule has 1 amide bonds. The molecule has 1 heterocycles. The Kier molecular flexibility index (Phi) is 5.37. The number of amides is 1. The zero-order chi connectivity index (χ0) is 13.8. The molecule has 0 aromatic rings. The number of aliphatic hydroxyl groups excluding tert-OH is 1. The predicted molar refractivity (Wildman–Crippen MR) is 67.0 cm³/mol. The van der Waals surface area contributed by atoms with Gasteiger partial charge in [0.05, 0.1) is 13.2 Å². The normalized spacial score (nSPS) is 19.4. The number of rotatable bonds is 3. The third-order valence-corrected chi connectivity index (χ3v) is 2.62. The van der Waals surface area contributed by atoms with Gasteiger partial charge in [-0.3, -0.25) is 9.80 Å². The first-order valence-corrected chi connectivity index (χ1v) is 6.34. The van der Waals surface area contributed by atoms with E-state index in [1.54, 1.807) is 25.7 Å². The van der Waals surface area contributed by atoms with E-state index >= 15 is 0 Å². The Morgan fingerprint density at radius 3 is 2.44 bits per heavy atom. The second-order valence-corrected chi connectivity index (χ2v) is 5.26. The third kappa shape index (κ3) is 4.44. The van der Waals surface area contributed by atoms with Crippen LogP contribution in [0.5, 0.6) is 0 Å². The van der Waals surface area contributed by atoms with Crippen molar-refractivity contribution in [2.45, 2.75) is 39.6 Å². The molecule has 0 aromatic carbocycles. The van der Waals surface area contributed by atoms with Gasteiger partial charge in [0.2, 0.25) is 0 Å². The first kappa shape index (κ1) is 15.2. The summed E-state index contributed by atoms with van der Waals surface area (Å²) in [6.07, 6.45) is -1.45. The van der Waals surface area contributed by atoms with Crippen molar-refractivity contribution in [3.05, 3.63) is 0 Å². The first-order valence-electron chi connectivity index (χ1n) is 6.34. The van der Waals surface area contributed by atoms with Crippen LogP contribution in [-0.2, 0) is 9.47 Å². The SMILES string of the molecule is CCN(C(=O)OC(C)(C)C)C(O)N1CCOCC1. The van der Waals surface area contributed by atoms with Crippen molar-refractivity contribution in [2.75, 3.05) is 32.8 Å². The molecule has 6 nitrogen and oxygen atoms in total. The smallest absolute Gasteiger partial charge is 0.413 e. The van der Waals surface area contributed by atoms with Crippen LogP contribution in [0.1, 0.15) is 27.7 Å². The Hall–Kier alpha value is -0.850. The second kappa shape index (κ2) is 6.36. The Morgan fingerprint density at radius 2 is 2.00 bits per heavy atom. The summed E-state index contributed by atoms with van der Waals surface area (Å²) < 4.78 is 10.5. The summed E-state index contributed by atoms with van der Waals surface area (Å²) in [5.41, 5.74) is -0.560. The van der Waals surface area contributed by atoms with Gasteiger partial charge in [-0.2, -0.15) is 0 Å². The number of carbonyl (C=O) groups is 1. The van der Waals surface area contributed by atoms with Crippen molar-refractivity contribution in [2.24, 2.45) is 0 Å². The highest BCUT2D eigenvalue weighted by Gasteiger charge is 2.30. The molecule has 1 aliphatic rings. The maximum Gasteiger partial charge on any atom is 0.413 e. The molecule has 0 aliphatic carbocycles. The van der Waals surface area contributed by atoms with E-state index in [4.69, 9.17) is 9.47 Å². The third-order valence-electron chi connectivity index (χ3n) is 2.62. The summed E-state index contributed by atoms with van der Waals surface area (Å²) in [5.74, 6) is 0. The monoisotopic (exact) mass is 260 g/mol. The fraction of sp³-hybridized carbons (Fsp3) is 0.917. The van der Waals surface area contributed by atoms with Crippen LogP contribution in [0.3, 0.4) is 0 Å². The van der Waals surface area contributed by atoms with Crippen LogP contribution in [0.25, 0.3) is 0 Å². The number of carbonyl (C=O) groups excluding carboxylic acids is 1. The molecule has 0 spiro atoms. The summed E-state index contributed by atoms with van der Waals surface area (Å²) in [5, 5.41) is 10.2. The Bertz CT molecular complexity index is 272. The topological polar surface area (TPSA) is 62.2 Å². The number of nitrogens with zero attached hydrogens (tertiary/aromatic N) is 2. The van der Waals surface area contributed by atoms with E-state index in [0.717, 1.165) is 0 Å². The first-order chi connectivity index (χ1) is 8.35. The molecule has 1 saturated heterocycles. The average molecular weight is 260 g/mol. The summed E-state index contributed by atoms with van der Waals surface area (Å²) in [4.78, 5) is 15.1. The van der Waals surface area contributed by atoms with Crippen LogP contribution in [0, 0.1) is 0 Å². The molecule has 18 heavy (non-hydrogen) atoms. The summed E-state index contributed by atoms with van der Waals surface area (Å²) in [6, 6.07) is 0. The minimum Gasteiger partial charge on any atom is -0.444 e. The van der Waals surface area contributed by atoms with E-state index in [0.29, 0.717) is 32.8 Å². The van der Waals surface area contributed by atoms with Crippen LogP contribution in [0.2, 0.25) is 0 Å². The van der Waals surface area contributed by atoms with Crippen molar-refractivity contribution >= 4 is 6.09 Å². The molecule has 0 bridgehead atoms. The lowest BCUT2D eigenvalue weighted by Gasteiger charge is -2.37. The quantitative estimate of drug-likeness (QED) is 0.762. The van der Waals surface area contributed by atoms with Crippen LogP contribution in [0.15, 0.2) is 0 Å². The van der Waals surface area contributed by atoms with Gasteiger partial charge in [-0.1, -0.05) is 0 Å². The molecular weight excluding hydrogens is 236 g/mol. The lowest BCUT2D eigenvalue weighted by molar-refractivity contribution is -0.133. The van der Waals surface area contributed by atoms with Gasteiger partial charge < -0.3 is 14.6 Å². The molecule has 0 saturated carbocycles. The van der Waals surface area contributed by atoms with Gasteiger partial charge >= 0.3 is 6.09 Å². The number of hydrogen-bond donors (Lipinski definition) is 1. The zero-order valence-electron chi connectivity index (χ0n) is 11.7. The summed E-state index contributed by atoms with van der Waals surface area (Å²) in [6.45, 7) is 9.99.